The van der Waals surface area contributed by atoms with Crippen LogP contribution in [-0.4, -0.2) is 35.0 Å². The van der Waals surface area contributed by atoms with E-state index in [2.05, 4.69) is 9.72 Å². The summed E-state index contributed by atoms with van der Waals surface area (Å²) in [6.45, 7) is 2.14. The second-order valence-corrected chi connectivity index (χ2v) is 3.56. The monoisotopic (exact) mass is 246 g/mol. The summed E-state index contributed by atoms with van der Waals surface area (Å²) in [5, 5.41) is 0. The Morgan fingerprint density at radius 3 is 3.00 bits per heavy atom. The fourth-order valence-electron chi connectivity index (χ4n) is 1.42. The van der Waals surface area contributed by atoms with Crippen LogP contribution in [0.15, 0.2) is 12.4 Å². The summed E-state index contributed by atoms with van der Waals surface area (Å²) in [6, 6.07) is 0. The molecule has 0 unspecified atom stereocenters. The number of ether oxygens (including phenoxy) is 1. The molecule has 0 aliphatic heterocycles. The minimum absolute atomic E-state index is 0.0377. The quantitative estimate of drug-likeness (QED) is 0.655. The van der Waals surface area contributed by atoms with Gasteiger partial charge in [0.25, 0.3) is 6.43 Å². The highest BCUT2D eigenvalue weighted by molar-refractivity contribution is 5.80. The number of hydrogen-bond acceptors (Lipinski definition) is 3. The topological polar surface area (TPSA) is 44.1 Å². The number of halogens is 2. The Hall–Kier alpha value is -1.30. The average Bonchev–Trinajstić information content (AvgIpc) is 2.71. The molecule has 1 rings (SSSR count). The summed E-state index contributed by atoms with van der Waals surface area (Å²) in [6.07, 6.45) is 1.32. The van der Waals surface area contributed by atoms with E-state index in [1.807, 2.05) is 11.5 Å². The van der Waals surface area contributed by atoms with E-state index in [4.69, 9.17) is 0 Å². The van der Waals surface area contributed by atoms with Gasteiger partial charge in [0, 0.05) is 25.4 Å². The molecule has 0 atom stereocenters. The molecule has 1 aromatic rings. The number of carbonyl (C=O) groups is 1. The van der Waals surface area contributed by atoms with E-state index in [0.29, 0.717) is 5.82 Å². The first-order valence-electron chi connectivity index (χ1n) is 5.51. The standard InChI is InChI=1S/C11H16F2N2O2/c1-2-15-5-4-14-11(15)7-9(16)3-6-17-8-10(12)13/h4-5,10H,2-3,6-8H2,1H3. The molecular formula is C11H16F2N2O2. The number of aromatic nitrogens is 2. The van der Waals surface area contributed by atoms with Crippen molar-refractivity contribution in [1.29, 1.82) is 0 Å². The van der Waals surface area contributed by atoms with Crippen molar-refractivity contribution in [2.45, 2.75) is 32.7 Å². The van der Waals surface area contributed by atoms with Crippen molar-refractivity contribution in [2.75, 3.05) is 13.2 Å². The molecule has 96 valence electrons. The number of aryl methyl sites for hydroxylation is 1. The Morgan fingerprint density at radius 2 is 2.35 bits per heavy atom. The molecule has 0 radical (unpaired) electrons. The molecule has 1 aromatic heterocycles. The average molecular weight is 246 g/mol. The normalized spacial score (nSPS) is 11.1. The van der Waals surface area contributed by atoms with Crippen molar-refractivity contribution in [3.8, 4) is 0 Å². The van der Waals surface area contributed by atoms with Crippen LogP contribution in [0.1, 0.15) is 19.2 Å². The van der Waals surface area contributed by atoms with Crippen LogP contribution in [0.3, 0.4) is 0 Å². The van der Waals surface area contributed by atoms with E-state index in [9.17, 15) is 13.6 Å². The molecule has 0 aliphatic carbocycles. The zero-order valence-corrected chi connectivity index (χ0v) is 9.73. The minimum Gasteiger partial charge on any atom is -0.375 e. The Balaban J connectivity index is 2.25. The van der Waals surface area contributed by atoms with Gasteiger partial charge < -0.3 is 9.30 Å². The zero-order chi connectivity index (χ0) is 12.7. The maximum absolute atomic E-state index is 11.7. The third-order valence-electron chi connectivity index (χ3n) is 2.27. The molecule has 0 spiro atoms. The van der Waals surface area contributed by atoms with Crippen LogP contribution in [0.25, 0.3) is 0 Å². The molecule has 0 N–H and O–H groups in total. The van der Waals surface area contributed by atoms with Crippen molar-refractivity contribution in [3.63, 3.8) is 0 Å². The predicted octanol–water partition coefficient (Wildman–Crippen LogP) is 1.69. The third-order valence-corrected chi connectivity index (χ3v) is 2.27. The van der Waals surface area contributed by atoms with Crippen LogP contribution >= 0.6 is 0 Å². The van der Waals surface area contributed by atoms with Gasteiger partial charge in [-0.25, -0.2) is 13.8 Å². The molecule has 0 amide bonds. The Bertz CT molecular complexity index is 353. The lowest BCUT2D eigenvalue weighted by molar-refractivity contribution is -0.120. The number of carbonyl (C=O) groups excluding carboxylic acids is 1. The smallest absolute Gasteiger partial charge is 0.261 e. The summed E-state index contributed by atoms with van der Waals surface area (Å²) in [5.41, 5.74) is 0. The lowest BCUT2D eigenvalue weighted by atomic mass is 10.2. The minimum atomic E-state index is -2.48. The number of ketones is 1. The van der Waals surface area contributed by atoms with E-state index >= 15 is 0 Å². The van der Waals surface area contributed by atoms with Crippen molar-refractivity contribution in [2.24, 2.45) is 0 Å². The summed E-state index contributed by atoms with van der Waals surface area (Å²) in [4.78, 5) is 15.6. The fraction of sp³-hybridized carbons (Fsp3) is 0.636. The van der Waals surface area contributed by atoms with E-state index in [-0.39, 0.29) is 25.2 Å². The van der Waals surface area contributed by atoms with Gasteiger partial charge in [0.05, 0.1) is 13.0 Å². The zero-order valence-electron chi connectivity index (χ0n) is 9.73. The van der Waals surface area contributed by atoms with Gasteiger partial charge in [-0.3, -0.25) is 4.79 Å². The first kappa shape index (κ1) is 13.8. The Kier molecular flexibility index (Phi) is 5.76. The van der Waals surface area contributed by atoms with Gasteiger partial charge >= 0.3 is 0 Å². The van der Waals surface area contributed by atoms with Crippen LogP contribution in [0, 0.1) is 0 Å². The molecule has 0 aliphatic rings. The molecule has 0 aromatic carbocycles. The maximum atomic E-state index is 11.7. The van der Waals surface area contributed by atoms with Gasteiger partial charge in [-0.15, -0.1) is 0 Å². The number of nitrogens with zero attached hydrogens (tertiary/aromatic N) is 2. The van der Waals surface area contributed by atoms with Crippen molar-refractivity contribution < 1.29 is 18.3 Å². The van der Waals surface area contributed by atoms with E-state index in [0.717, 1.165) is 6.54 Å². The Morgan fingerprint density at radius 1 is 1.59 bits per heavy atom. The Labute approximate surface area is 98.6 Å². The first-order valence-corrected chi connectivity index (χ1v) is 5.51. The third kappa shape index (κ3) is 5.04. The van der Waals surface area contributed by atoms with Crippen LogP contribution in [0.2, 0.25) is 0 Å². The SMILES string of the molecule is CCn1ccnc1CC(=O)CCOCC(F)F. The molecule has 0 fully saturated rings. The lowest BCUT2D eigenvalue weighted by Gasteiger charge is -2.05. The molecule has 4 nitrogen and oxygen atoms in total. The summed E-state index contributed by atoms with van der Waals surface area (Å²) in [7, 11) is 0. The highest BCUT2D eigenvalue weighted by Gasteiger charge is 2.09. The molecular weight excluding hydrogens is 230 g/mol. The largest absolute Gasteiger partial charge is 0.375 e. The molecule has 0 saturated heterocycles. The van der Waals surface area contributed by atoms with Crippen LogP contribution in [-0.2, 0) is 22.5 Å². The number of imidazole rings is 1. The highest BCUT2D eigenvalue weighted by Crippen LogP contribution is 2.02. The first-order chi connectivity index (χ1) is 8.13. The van der Waals surface area contributed by atoms with Crippen molar-refractivity contribution in [1.82, 2.24) is 9.55 Å². The second-order valence-electron chi connectivity index (χ2n) is 3.56. The van der Waals surface area contributed by atoms with Crippen molar-refractivity contribution in [3.05, 3.63) is 18.2 Å². The summed E-state index contributed by atoms with van der Waals surface area (Å²) in [5.74, 6) is 0.645. The number of hydrogen-bond donors (Lipinski definition) is 0. The fourth-order valence-corrected chi connectivity index (χ4v) is 1.42. The predicted molar refractivity (Wildman–Crippen MR) is 58.1 cm³/mol. The van der Waals surface area contributed by atoms with Gasteiger partial charge in [-0.2, -0.15) is 0 Å². The van der Waals surface area contributed by atoms with E-state index in [1.54, 1.807) is 12.4 Å². The summed E-state index contributed by atoms with van der Waals surface area (Å²) >= 11 is 0. The number of alkyl halides is 2. The van der Waals surface area contributed by atoms with Gasteiger partial charge in [0.1, 0.15) is 18.2 Å². The van der Waals surface area contributed by atoms with Gasteiger partial charge in [0.15, 0.2) is 0 Å². The van der Waals surface area contributed by atoms with Crippen molar-refractivity contribution >= 4 is 5.78 Å². The van der Waals surface area contributed by atoms with Crippen LogP contribution in [0.4, 0.5) is 8.78 Å². The van der Waals surface area contributed by atoms with E-state index < -0.39 is 13.0 Å². The highest BCUT2D eigenvalue weighted by atomic mass is 19.3. The van der Waals surface area contributed by atoms with Gasteiger partial charge in [-0.1, -0.05) is 0 Å². The van der Waals surface area contributed by atoms with Gasteiger partial charge in [0.2, 0.25) is 0 Å². The molecule has 17 heavy (non-hydrogen) atoms. The number of Topliss-reactive ketones (excluding diaryl/α,β-unsaturated/α-hetero) is 1. The molecule has 6 heteroatoms. The lowest BCUT2D eigenvalue weighted by Crippen LogP contribution is -2.13. The molecule has 1 heterocycles. The second kappa shape index (κ2) is 7.11. The van der Waals surface area contributed by atoms with E-state index in [1.165, 1.54) is 0 Å². The molecule has 0 bridgehead atoms. The van der Waals surface area contributed by atoms with Crippen LogP contribution < -0.4 is 0 Å². The van der Waals surface area contributed by atoms with Crippen LogP contribution in [0.5, 0.6) is 0 Å². The maximum Gasteiger partial charge on any atom is 0.261 e. The summed E-state index contributed by atoms with van der Waals surface area (Å²) < 4.78 is 30.0. The number of rotatable bonds is 8. The molecule has 0 saturated carbocycles. The van der Waals surface area contributed by atoms with Gasteiger partial charge in [-0.05, 0) is 6.92 Å².